The molecule has 1 aliphatic heterocycles. The molecular formula is C28H38N8O3. The van der Waals surface area contributed by atoms with Crippen LogP contribution in [-0.2, 0) is 4.74 Å². The zero-order valence-corrected chi connectivity index (χ0v) is 22.5. The first-order valence-corrected chi connectivity index (χ1v) is 13.5. The predicted molar refractivity (Wildman–Crippen MR) is 152 cm³/mol. The van der Waals surface area contributed by atoms with Gasteiger partial charge in [-0.15, -0.1) is 5.10 Å². The minimum atomic E-state index is -0.252. The van der Waals surface area contributed by atoms with Crippen LogP contribution in [0.15, 0.2) is 40.6 Å². The Labute approximate surface area is 229 Å². The van der Waals surface area contributed by atoms with Crippen LogP contribution in [0.1, 0.15) is 56.2 Å². The Morgan fingerprint density at radius 2 is 2.10 bits per heavy atom. The van der Waals surface area contributed by atoms with Crippen LogP contribution in [0.2, 0.25) is 0 Å². The van der Waals surface area contributed by atoms with Crippen molar-refractivity contribution in [1.82, 2.24) is 9.78 Å². The van der Waals surface area contributed by atoms with Crippen LogP contribution in [0, 0.1) is 17.2 Å². The maximum atomic E-state index is 9.49. The van der Waals surface area contributed by atoms with Gasteiger partial charge in [0.05, 0.1) is 50.5 Å². The van der Waals surface area contributed by atoms with E-state index < -0.39 is 0 Å². The van der Waals surface area contributed by atoms with Crippen molar-refractivity contribution < 1.29 is 14.2 Å². The summed E-state index contributed by atoms with van der Waals surface area (Å²) in [5.41, 5.74) is 14.0. The number of benzene rings is 1. The lowest BCUT2D eigenvalue weighted by molar-refractivity contribution is -0.0514. The third kappa shape index (κ3) is 7.74. The Balaban J connectivity index is 1.41. The first-order chi connectivity index (χ1) is 19.1. The molecule has 4 rings (SSSR count). The Hall–Kier alpha value is -4.04. The van der Waals surface area contributed by atoms with Crippen molar-refractivity contribution in [2.75, 3.05) is 38.4 Å². The molecule has 208 valence electrons. The summed E-state index contributed by atoms with van der Waals surface area (Å²) < 4.78 is 19.3. The van der Waals surface area contributed by atoms with Gasteiger partial charge in [-0.25, -0.2) is 0 Å². The molecule has 2 heterocycles. The number of aliphatic imine (C=N–C) groups is 2. The highest BCUT2D eigenvalue weighted by Gasteiger charge is 2.23. The van der Waals surface area contributed by atoms with Crippen LogP contribution >= 0.6 is 0 Å². The number of rotatable bonds is 13. The fourth-order valence-corrected chi connectivity index (χ4v) is 4.56. The van der Waals surface area contributed by atoms with E-state index in [1.807, 2.05) is 23.9 Å². The summed E-state index contributed by atoms with van der Waals surface area (Å²) in [6, 6.07) is 7.86. The summed E-state index contributed by atoms with van der Waals surface area (Å²) in [6.45, 7) is 4.60. The highest BCUT2D eigenvalue weighted by atomic mass is 16.5. The summed E-state index contributed by atoms with van der Waals surface area (Å²) in [5, 5.41) is 17.6. The lowest BCUT2D eigenvalue weighted by Gasteiger charge is -2.25. The van der Waals surface area contributed by atoms with E-state index in [1.54, 1.807) is 18.3 Å². The van der Waals surface area contributed by atoms with Crippen LogP contribution < -0.4 is 26.3 Å². The second-order valence-corrected chi connectivity index (χ2v) is 9.87. The molecule has 0 unspecified atom stereocenters. The fourth-order valence-electron chi connectivity index (χ4n) is 4.56. The van der Waals surface area contributed by atoms with Crippen molar-refractivity contribution in [3.63, 3.8) is 0 Å². The molecule has 0 amide bonds. The molecule has 0 bridgehead atoms. The fraction of sp³-hybridized carbons (Fsp3) is 0.500. The number of nitriles is 1. The minimum absolute atomic E-state index is 0.252. The Bertz CT molecular complexity index is 1210. The molecule has 5 N–H and O–H groups in total. The van der Waals surface area contributed by atoms with Gasteiger partial charge >= 0.3 is 0 Å². The number of anilines is 1. The Morgan fingerprint density at radius 3 is 2.79 bits per heavy atom. The van der Waals surface area contributed by atoms with E-state index in [0.717, 1.165) is 37.3 Å². The Morgan fingerprint density at radius 1 is 1.28 bits per heavy atom. The maximum absolute atomic E-state index is 9.49. The number of hydrogen-bond donors (Lipinski definition) is 3. The number of nitrogens with one attached hydrogen (secondary N) is 1. The van der Waals surface area contributed by atoms with E-state index in [1.165, 1.54) is 31.8 Å². The van der Waals surface area contributed by atoms with Gasteiger partial charge in [0, 0.05) is 23.9 Å². The quantitative estimate of drug-likeness (QED) is 0.260. The van der Waals surface area contributed by atoms with E-state index in [-0.39, 0.29) is 6.10 Å². The number of nitrogens with two attached hydrogens (primary N) is 2. The first-order valence-electron chi connectivity index (χ1n) is 13.5. The molecule has 0 spiro atoms. The monoisotopic (exact) mass is 534 g/mol. The van der Waals surface area contributed by atoms with Gasteiger partial charge in [0.15, 0.2) is 0 Å². The van der Waals surface area contributed by atoms with Gasteiger partial charge in [-0.05, 0) is 37.5 Å². The molecule has 1 aliphatic carbocycles. The second-order valence-electron chi connectivity index (χ2n) is 9.87. The lowest BCUT2D eigenvalue weighted by atomic mass is 9.96. The second kappa shape index (κ2) is 14.2. The zero-order valence-electron chi connectivity index (χ0n) is 22.5. The van der Waals surface area contributed by atoms with E-state index in [0.29, 0.717) is 54.5 Å². The molecule has 2 aromatic rings. The molecule has 1 aromatic carbocycles. The third-order valence-electron chi connectivity index (χ3n) is 6.81. The number of allylic oxidation sites excluding steroid dienone is 1. The molecule has 2 aliphatic rings. The zero-order chi connectivity index (χ0) is 27.5. The van der Waals surface area contributed by atoms with Crippen LogP contribution in [0.5, 0.6) is 11.6 Å². The molecule has 0 radical (unpaired) electrons. The molecule has 1 saturated heterocycles. The molecule has 11 heteroatoms. The van der Waals surface area contributed by atoms with Gasteiger partial charge in [0.2, 0.25) is 0 Å². The van der Waals surface area contributed by atoms with Crippen molar-refractivity contribution in [2.45, 2.75) is 51.2 Å². The van der Waals surface area contributed by atoms with Crippen LogP contribution in [0.3, 0.4) is 0 Å². The van der Waals surface area contributed by atoms with Crippen molar-refractivity contribution in [3.05, 3.63) is 41.7 Å². The van der Waals surface area contributed by atoms with Crippen LogP contribution in [-0.4, -0.2) is 61.5 Å². The number of aromatic nitrogens is 2. The molecular weight excluding hydrogens is 496 g/mol. The van der Waals surface area contributed by atoms with Gasteiger partial charge in [-0.1, -0.05) is 25.3 Å². The standard InChI is InChI=1S/C28H38N8O3/c1-20(12-32-18-31)39-27-9-22(7-8-23(27)10-29)24(11-30)13-33-19-34-26-14-36(25-5-3-2-4-6-25)35-28(26)38-17-21-15-37-16-21/h7-9,11,13-14,18,20-21,25,34H,2-6,12,15-17,19,30H2,1H3,(H2,31,32)/b24-11+,33-13?/t20-/m0/s1. The summed E-state index contributed by atoms with van der Waals surface area (Å²) in [7, 11) is 0. The molecule has 11 nitrogen and oxygen atoms in total. The van der Waals surface area contributed by atoms with Gasteiger partial charge in [-0.2, -0.15) is 5.26 Å². The first kappa shape index (κ1) is 28.0. The van der Waals surface area contributed by atoms with Crippen molar-refractivity contribution >= 4 is 23.8 Å². The van der Waals surface area contributed by atoms with Crippen LogP contribution in [0.25, 0.3) is 5.57 Å². The largest absolute Gasteiger partial charge is 0.487 e. The van der Waals surface area contributed by atoms with Gasteiger partial charge in [0.1, 0.15) is 30.3 Å². The minimum Gasteiger partial charge on any atom is -0.487 e. The van der Waals surface area contributed by atoms with E-state index in [9.17, 15) is 5.26 Å². The van der Waals surface area contributed by atoms with Crippen LogP contribution in [0.4, 0.5) is 5.69 Å². The number of ether oxygens (including phenoxy) is 3. The van der Waals surface area contributed by atoms with Crippen molar-refractivity contribution in [2.24, 2.45) is 27.4 Å². The number of nitrogens with zero attached hydrogens (tertiary/aromatic N) is 5. The number of hydrogen-bond acceptors (Lipinski definition) is 9. The topological polar surface area (TPSA) is 158 Å². The van der Waals surface area contributed by atoms with E-state index >= 15 is 0 Å². The van der Waals surface area contributed by atoms with E-state index in [4.69, 9.17) is 30.8 Å². The highest BCUT2D eigenvalue weighted by molar-refractivity contribution is 6.09. The molecule has 2 fully saturated rings. The van der Waals surface area contributed by atoms with Crippen molar-refractivity contribution in [3.8, 4) is 17.7 Å². The van der Waals surface area contributed by atoms with Gasteiger partial charge in [0.25, 0.3) is 5.88 Å². The SMILES string of the molecule is C[C@@H](CN=CN)Oc1cc(/C(C=NCNc2cn(C3CCCCC3)nc2OCC2COC2)=C/N)ccc1C#N. The van der Waals surface area contributed by atoms with Crippen molar-refractivity contribution in [1.29, 1.82) is 5.26 Å². The average molecular weight is 535 g/mol. The summed E-state index contributed by atoms with van der Waals surface area (Å²) >= 11 is 0. The normalized spacial score (nSPS) is 17.7. The van der Waals surface area contributed by atoms with Gasteiger partial charge < -0.3 is 31.0 Å². The summed E-state index contributed by atoms with van der Waals surface area (Å²) in [4.78, 5) is 8.54. The van der Waals surface area contributed by atoms with Gasteiger partial charge in [-0.3, -0.25) is 14.7 Å². The van der Waals surface area contributed by atoms with E-state index in [2.05, 4.69) is 21.4 Å². The lowest BCUT2D eigenvalue weighted by Crippen LogP contribution is -2.32. The molecule has 1 atom stereocenters. The third-order valence-corrected chi connectivity index (χ3v) is 6.81. The Kier molecular flexibility index (Phi) is 10.2. The predicted octanol–water partition coefficient (Wildman–Crippen LogP) is 3.48. The molecule has 1 aromatic heterocycles. The average Bonchev–Trinajstić information content (AvgIpc) is 3.34. The summed E-state index contributed by atoms with van der Waals surface area (Å²) in [5.74, 6) is 1.46. The summed E-state index contributed by atoms with van der Waals surface area (Å²) in [6.07, 6.45) is 12.2. The highest BCUT2D eigenvalue weighted by Crippen LogP contribution is 2.32. The maximum Gasteiger partial charge on any atom is 0.256 e. The molecule has 1 saturated carbocycles. The molecule has 39 heavy (non-hydrogen) atoms. The smallest absolute Gasteiger partial charge is 0.256 e.